The van der Waals surface area contributed by atoms with E-state index in [0.717, 1.165) is 5.39 Å². The van der Waals surface area contributed by atoms with Crippen LogP contribution in [0.5, 0.6) is 0 Å². The van der Waals surface area contributed by atoms with Gasteiger partial charge in [0, 0.05) is 17.8 Å². The van der Waals surface area contributed by atoms with Crippen molar-refractivity contribution in [2.24, 2.45) is 0 Å². The zero-order valence-electron chi connectivity index (χ0n) is 9.91. The molecule has 3 rings (SSSR count). The fraction of sp³-hybridized carbons (Fsp3) is 0.0714. The lowest BCUT2D eigenvalue weighted by Gasteiger charge is -2.01. The largest absolute Gasteiger partial charge is 0.464 e. The maximum absolute atomic E-state index is 12.2. The van der Waals surface area contributed by atoms with Gasteiger partial charge >= 0.3 is 0 Å². The molecular formula is C14H9N3O2. The van der Waals surface area contributed by atoms with Crippen LogP contribution in [0.15, 0.2) is 47.3 Å². The summed E-state index contributed by atoms with van der Waals surface area (Å²) in [6.07, 6.45) is 4.56. The number of carbonyl (C=O) groups excluding carboxylic acids is 1. The molecule has 1 aromatic carbocycles. The normalized spacial score (nSPS) is 10.5. The molecule has 0 aliphatic rings. The lowest BCUT2D eigenvalue weighted by Crippen LogP contribution is -2.10. The van der Waals surface area contributed by atoms with Gasteiger partial charge in [-0.25, -0.2) is 4.98 Å². The number of carbonyl (C=O) groups is 1. The van der Waals surface area contributed by atoms with Crippen molar-refractivity contribution in [2.45, 2.75) is 6.54 Å². The Balaban J connectivity index is 1.95. The van der Waals surface area contributed by atoms with E-state index < -0.39 is 0 Å². The van der Waals surface area contributed by atoms with E-state index in [-0.39, 0.29) is 18.2 Å². The smallest absolute Gasteiger partial charge is 0.213 e. The SMILES string of the molecule is N#Cc1nccn1CC(=O)c1coc2ccccc12. The van der Waals surface area contributed by atoms with Crippen LogP contribution in [0.1, 0.15) is 16.2 Å². The molecule has 0 radical (unpaired) electrons. The summed E-state index contributed by atoms with van der Waals surface area (Å²) < 4.78 is 6.85. The van der Waals surface area contributed by atoms with E-state index in [4.69, 9.17) is 9.68 Å². The highest BCUT2D eigenvalue weighted by Crippen LogP contribution is 2.21. The van der Waals surface area contributed by atoms with Gasteiger partial charge in [-0.3, -0.25) is 4.79 Å². The number of hydrogen-bond donors (Lipinski definition) is 0. The number of benzene rings is 1. The van der Waals surface area contributed by atoms with E-state index in [1.807, 2.05) is 30.3 Å². The quantitative estimate of drug-likeness (QED) is 0.670. The molecule has 0 atom stereocenters. The Hall–Kier alpha value is -2.87. The van der Waals surface area contributed by atoms with Gasteiger partial charge in [-0.15, -0.1) is 0 Å². The molecule has 19 heavy (non-hydrogen) atoms. The Labute approximate surface area is 108 Å². The number of rotatable bonds is 3. The van der Waals surface area contributed by atoms with Crippen molar-refractivity contribution in [3.8, 4) is 6.07 Å². The Kier molecular flexibility index (Phi) is 2.62. The van der Waals surface area contributed by atoms with Crippen LogP contribution >= 0.6 is 0 Å². The maximum atomic E-state index is 12.2. The molecule has 5 nitrogen and oxygen atoms in total. The highest BCUT2D eigenvalue weighted by atomic mass is 16.3. The molecule has 0 N–H and O–H groups in total. The predicted octanol–water partition coefficient (Wildman–Crippen LogP) is 2.38. The third-order valence-electron chi connectivity index (χ3n) is 2.91. The van der Waals surface area contributed by atoms with Crippen molar-refractivity contribution in [1.29, 1.82) is 5.26 Å². The summed E-state index contributed by atoms with van der Waals surface area (Å²) in [6.45, 7) is 0.0758. The summed E-state index contributed by atoms with van der Waals surface area (Å²) in [4.78, 5) is 16.1. The maximum Gasteiger partial charge on any atom is 0.213 e. The molecule has 0 aliphatic heterocycles. The number of ketones is 1. The highest BCUT2D eigenvalue weighted by molar-refractivity contribution is 6.06. The molecule has 5 heteroatoms. The number of fused-ring (bicyclic) bond motifs is 1. The summed E-state index contributed by atoms with van der Waals surface area (Å²) in [5.74, 6) is 0.112. The van der Waals surface area contributed by atoms with Gasteiger partial charge < -0.3 is 8.98 Å². The van der Waals surface area contributed by atoms with Crippen molar-refractivity contribution >= 4 is 16.8 Å². The lowest BCUT2D eigenvalue weighted by atomic mass is 10.1. The first kappa shape index (κ1) is 11.2. The minimum absolute atomic E-state index is 0.0758. The Morgan fingerprint density at radius 1 is 1.42 bits per heavy atom. The minimum atomic E-state index is -0.112. The van der Waals surface area contributed by atoms with Gasteiger partial charge in [0.25, 0.3) is 0 Å². The van der Waals surface area contributed by atoms with E-state index >= 15 is 0 Å². The summed E-state index contributed by atoms with van der Waals surface area (Å²) in [5.41, 5.74) is 1.20. The molecule has 3 aromatic rings. The van der Waals surface area contributed by atoms with E-state index in [1.54, 1.807) is 6.20 Å². The number of imidazole rings is 1. The van der Waals surface area contributed by atoms with Crippen molar-refractivity contribution in [3.05, 3.63) is 54.3 Å². The summed E-state index contributed by atoms with van der Waals surface area (Å²) in [5, 5.41) is 9.64. The number of furan rings is 1. The number of para-hydroxylation sites is 1. The second-order valence-corrected chi connectivity index (χ2v) is 4.06. The van der Waals surface area contributed by atoms with E-state index in [2.05, 4.69) is 4.98 Å². The topological polar surface area (TPSA) is 71.8 Å². The molecule has 0 amide bonds. The Morgan fingerprint density at radius 2 is 2.26 bits per heavy atom. The molecule has 0 unspecified atom stereocenters. The van der Waals surface area contributed by atoms with Crippen molar-refractivity contribution in [1.82, 2.24) is 9.55 Å². The molecule has 0 saturated carbocycles. The van der Waals surface area contributed by atoms with Crippen LogP contribution in [0.4, 0.5) is 0 Å². The van der Waals surface area contributed by atoms with Crippen LogP contribution in [0.25, 0.3) is 11.0 Å². The van der Waals surface area contributed by atoms with Crippen LogP contribution in [0.2, 0.25) is 0 Å². The Morgan fingerprint density at radius 3 is 3.11 bits per heavy atom. The third-order valence-corrected chi connectivity index (χ3v) is 2.91. The molecule has 92 valence electrons. The van der Waals surface area contributed by atoms with Crippen molar-refractivity contribution < 1.29 is 9.21 Å². The van der Waals surface area contributed by atoms with E-state index in [1.165, 1.54) is 17.0 Å². The van der Waals surface area contributed by atoms with E-state index in [9.17, 15) is 4.79 Å². The Bertz CT molecular complexity index is 792. The average Bonchev–Trinajstić information content (AvgIpc) is 3.04. The van der Waals surface area contributed by atoms with Gasteiger partial charge in [-0.05, 0) is 6.07 Å². The van der Waals surface area contributed by atoms with Crippen LogP contribution in [-0.2, 0) is 6.54 Å². The average molecular weight is 251 g/mol. The van der Waals surface area contributed by atoms with Crippen LogP contribution in [0.3, 0.4) is 0 Å². The molecule has 2 aromatic heterocycles. The second kappa shape index (κ2) is 4.42. The molecular weight excluding hydrogens is 242 g/mol. The van der Waals surface area contributed by atoms with Gasteiger partial charge in [0.05, 0.1) is 12.1 Å². The first-order chi connectivity index (χ1) is 9.29. The molecule has 0 aliphatic carbocycles. The third kappa shape index (κ3) is 1.89. The fourth-order valence-electron chi connectivity index (χ4n) is 1.98. The van der Waals surface area contributed by atoms with Crippen molar-refractivity contribution in [2.75, 3.05) is 0 Å². The molecule has 0 fully saturated rings. The van der Waals surface area contributed by atoms with Crippen LogP contribution < -0.4 is 0 Å². The number of hydrogen-bond acceptors (Lipinski definition) is 4. The fourth-order valence-corrected chi connectivity index (χ4v) is 1.98. The van der Waals surface area contributed by atoms with Crippen molar-refractivity contribution in [3.63, 3.8) is 0 Å². The number of nitrogens with zero attached hydrogens (tertiary/aromatic N) is 3. The molecule has 2 heterocycles. The first-order valence-corrected chi connectivity index (χ1v) is 5.70. The second-order valence-electron chi connectivity index (χ2n) is 4.06. The van der Waals surface area contributed by atoms with Gasteiger partial charge in [-0.1, -0.05) is 18.2 Å². The van der Waals surface area contributed by atoms with Crippen LogP contribution in [-0.4, -0.2) is 15.3 Å². The van der Waals surface area contributed by atoms with Crippen LogP contribution in [0, 0.1) is 11.3 Å². The molecule has 0 saturated heterocycles. The van der Waals surface area contributed by atoms with Gasteiger partial charge in [0.2, 0.25) is 5.82 Å². The molecule has 0 spiro atoms. The van der Waals surface area contributed by atoms with Gasteiger partial charge in [0.15, 0.2) is 5.78 Å². The predicted molar refractivity (Wildman–Crippen MR) is 67.5 cm³/mol. The van der Waals surface area contributed by atoms with Gasteiger partial charge in [0.1, 0.15) is 17.9 Å². The van der Waals surface area contributed by atoms with E-state index in [0.29, 0.717) is 11.1 Å². The summed E-state index contributed by atoms with van der Waals surface area (Å²) in [6, 6.07) is 9.29. The number of Topliss-reactive ketones (excluding diaryl/α,β-unsaturated/α-hetero) is 1. The summed E-state index contributed by atoms with van der Waals surface area (Å²) in [7, 11) is 0. The zero-order chi connectivity index (χ0) is 13.2. The number of nitriles is 1. The number of aromatic nitrogens is 2. The van der Waals surface area contributed by atoms with Gasteiger partial charge in [-0.2, -0.15) is 5.26 Å². The standard InChI is InChI=1S/C14H9N3O2/c15-7-14-16-5-6-17(14)8-12(18)11-9-19-13-4-2-1-3-10(11)13/h1-6,9H,8H2. The summed E-state index contributed by atoms with van der Waals surface area (Å²) >= 11 is 0. The minimum Gasteiger partial charge on any atom is -0.464 e. The molecule has 0 bridgehead atoms. The zero-order valence-corrected chi connectivity index (χ0v) is 9.91. The monoisotopic (exact) mass is 251 g/mol. The highest BCUT2D eigenvalue weighted by Gasteiger charge is 2.15. The lowest BCUT2D eigenvalue weighted by molar-refractivity contribution is 0.0972. The first-order valence-electron chi connectivity index (χ1n) is 5.70.